The van der Waals surface area contributed by atoms with E-state index in [1.165, 1.54) is 11.3 Å². The molecule has 1 fully saturated rings. The zero-order valence-corrected chi connectivity index (χ0v) is 14.1. The van der Waals surface area contributed by atoms with Crippen LogP contribution in [-0.2, 0) is 0 Å². The minimum Gasteiger partial charge on any atom is -0.349 e. The molecule has 1 saturated carbocycles. The summed E-state index contributed by atoms with van der Waals surface area (Å²) in [6.07, 6.45) is 3.14. The number of anilines is 1. The maximum Gasteiger partial charge on any atom is 0.265 e. The van der Waals surface area contributed by atoms with E-state index in [1.54, 1.807) is 30.3 Å². The van der Waals surface area contributed by atoms with E-state index >= 15 is 0 Å². The molecule has 1 heterocycles. The highest BCUT2D eigenvalue weighted by atomic mass is 32.1. The molecule has 2 atom stereocenters. The van der Waals surface area contributed by atoms with Crippen molar-refractivity contribution in [3.63, 3.8) is 0 Å². The molecule has 0 radical (unpaired) electrons. The maximum atomic E-state index is 12.5. The molecule has 2 unspecified atom stereocenters. The van der Waals surface area contributed by atoms with Crippen LogP contribution in [0, 0.1) is 5.92 Å². The van der Waals surface area contributed by atoms with E-state index < -0.39 is 0 Å². The molecule has 4 N–H and O–H groups in total. The Morgan fingerprint density at radius 1 is 1.17 bits per heavy atom. The molecule has 2 amide bonds. The standard InChI is InChI=1S/C18H21N3O2S/c19-11-13-5-2-7-15(13)21-17(22)12-4-1-6-14(10-12)20-18(23)16-8-3-9-24-16/h1,3-4,6,8-10,13,15H,2,5,7,11,19H2,(H,20,23)(H,21,22). The first-order chi connectivity index (χ1) is 11.7. The third-order valence-corrected chi connectivity index (χ3v) is 5.27. The summed E-state index contributed by atoms with van der Waals surface area (Å²) in [5.41, 5.74) is 6.92. The Labute approximate surface area is 145 Å². The van der Waals surface area contributed by atoms with Gasteiger partial charge in [0.15, 0.2) is 0 Å². The number of hydrogen-bond donors (Lipinski definition) is 3. The van der Waals surface area contributed by atoms with Crippen LogP contribution >= 0.6 is 11.3 Å². The van der Waals surface area contributed by atoms with Crippen LogP contribution < -0.4 is 16.4 Å². The molecule has 1 aromatic carbocycles. The summed E-state index contributed by atoms with van der Waals surface area (Å²) in [7, 11) is 0. The van der Waals surface area contributed by atoms with Crippen LogP contribution in [-0.4, -0.2) is 24.4 Å². The Morgan fingerprint density at radius 3 is 2.79 bits per heavy atom. The van der Waals surface area contributed by atoms with Crippen LogP contribution in [0.15, 0.2) is 41.8 Å². The van der Waals surface area contributed by atoms with Gasteiger partial charge in [-0.3, -0.25) is 9.59 Å². The number of carbonyl (C=O) groups is 2. The van der Waals surface area contributed by atoms with Crippen molar-refractivity contribution < 1.29 is 9.59 Å². The third kappa shape index (κ3) is 3.83. The summed E-state index contributed by atoms with van der Waals surface area (Å²) >= 11 is 1.38. The van der Waals surface area contributed by atoms with Gasteiger partial charge in [-0.2, -0.15) is 0 Å². The molecule has 2 aromatic rings. The van der Waals surface area contributed by atoms with Gasteiger partial charge in [-0.1, -0.05) is 18.6 Å². The molecular weight excluding hydrogens is 322 g/mol. The fourth-order valence-corrected chi connectivity index (χ4v) is 3.72. The molecule has 0 bridgehead atoms. The normalized spacial score (nSPS) is 19.9. The van der Waals surface area contributed by atoms with E-state index in [0.29, 0.717) is 28.6 Å². The Kier molecular flexibility index (Phi) is 5.27. The van der Waals surface area contributed by atoms with E-state index in [9.17, 15) is 9.59 Å². The van der Waals surface area contributed by atoms with E-state index in [4.69, 9.17) is 5.73 Å². The monoisotopic (exact) mass is 343 g/mol. The van der Waals surface area contributed by atoms with Crippen molar-refractivity contribution in [3.05, 3.63) is 52.2 Å². The lowest BCUT2D eigenvalue weighted by atomic mass is 10.0. The predicted octanol–water partition coefficient (Wildman–Crippen LogP) is 2.86. The number of rotatable bonds is 5. The molecule has 5 nitrogen and oxygen atoms in total. The molecule has 6 heteroatoms. The van der Waals surface area contributed by atoms with Gasteiger partial charge in [-0.25, -0.2) is 0 Å². The number of carbonyl (C=O) groups excluding carboxylic acids is 2. The number of nitrogens with one attached hydrogen (secondary N) is 2. The molecule has 1 aromatic heterocycles. The predicted molar refractivity (Wildman–Crippen MR) is 96.4 cm³/mol. The van der Waals surface area contributed by atoms with Crippen molar-refractivity contribution in [2.45, 2.75) is 25.3 Å². The summed E-state index contributed by atoms with van der Waals surface area (Å²) in [6, 6.07) is 10.7. The van der Waals surface area contributed by atoms with E-state index in [0.717, 1.165) is 19.3 Å². The number of benzene rings is 1. The first-order valence-electron chi connectivity index (χ1n) is 8.13. The Morgan fingerprint density at radius 2 is 2.04 bits per heavy atom. The van der Waals surface area contributed by atoms with E-state index in [2.05, 4.69) is 10.6 Å². The Balaban J connectivity index is 1.66. The topological polar surface area (TPSA) is 84.2 Å². The highest BCUT2D eigenvalue weighted by molar-refractivity contribution is 7.12. The van der Waals surface area contributed by atoms with Crippen LogP contribution in [0.2, 0.25) is 0 Å². The van der Waals surface area contributed by atoms with Gasteiger partial charge < -0.3 is 16.4 Å². The molecule has 126 valence electrons. The molecule has 1 aliphatic carbocycles. The minimum atomic E-state index is -0.165. The Hall–Kier alpha value is -2.18. The number of nitrogens with two attached hydrogens (primary N) is 1. The van der Waals surface area contributed by atoms with Gasteiger partial charge in [-0.05, 0) is 54.9 Å². The molecule has 0 saturated heterocycles. The first-order valence-corrected chi connectivity index (χ1v) is 9.01. The van der Waals surface area contributed by atoms with Gasteiger partial charge in [-0.15, -0.1) is 11.3 Å². The molecule has 0 aliphatic heterocycles. The molecular formula is C18H21N3O2S. The fraction of sp³-hybridized carbons (Fsp3) is 0.333. The third-order valence-electron chi connectivity index (χ3n) is 4.41. The fourth-order valence-electron chi connectivity index (χ4n) is 3.10. The lowest BCUT2D eigenvalue weighted by Crippen LogP contribution is -2.39. The quantitative estimate of drug-likeness (QED) is 0.780. The van der Waals surface area contributed by atoms with Crippen molar-refractivity contribution >= 4 is 28.8 Å². The second kappa shape index (κ2) is 7.59. The average molecular weight is 343 g/mol. The first kappa shape index (κ1) is 16.7. The second-order valence-corrected chi connectivity index (χ2v) is 6.97. The van der Waals surface area contributed by atoms with Crippen molar-refractivity contribution in [2.75, 3.05) is 11.9 Å². The van der Waals surface area contributed by atoms with Gasteiger partial charge in [0.1, 0.15) is 0 Å². The van der Waals surface area contributed by atoms with E-state index in [1.807, 2.05) is 11.4 Å². The highest BCUT2D eigenvalue weighted by Gasteiger charge is 2.27. The van der Waals surface area contributed by atoms with Gasteiger partial charge >= 0.3 is 0 Å². The van der Waals surface area contributed by atoms with Crippen LogP contribution in [0.3, 0.4) is 0 Å². The second-order valence-electron chi connectivity index (χ2n) is 6.02. The van der Waals surface area contributed by atoms with Crippen LogP contribution in [0.5, 0.6) is 0 Å². The van der Waals surface area contributed by atoms with Gasteiger partial charge in [0.05, 0.1) is 4.88 Å². The lowest BCUT2D eigenvalue weighted by molar-refractivity contribution is 0.0927. The minimum absolute atomic E-state index is 0.118. The smallest absolute Gasteiger partial charge is 0.265 e. The zero-order valence-electron chi connectivity index (χ0n) is 13.3. The van der Waals surface area contributed by atoms with Crippen molar-refractivity contribution in [3.8, 4) is 0 Å². The maximum absolute atomic E-state index is 12.5. The van der Waals surface area contributed by atoms with Crippen molar-refractivity contribution in [1.29, 1.82) is 0 Å². The summed E-state index contributed by atoms with van der Waals surface area (Å²) < 4.78 is 0. The van der Waals surface area contributed by atoms with Crippen LogP contribution in [0.25, 0.3) is 0 Å². The summed E-state index contributed by atoms with van der Waals surface area (Å²) in [4.78, 5) is 25.2. The van der Waals surface area contributed by atoms with E-state index in [-0.39, 0.29) is 17.9 Å². The number of hydrogen-bond acceptors (Lipinski definition) is 4. The molecule has 0 spiro atoms. The number of amides is 2. The summed E-state index contributed by atoms with van der Waals surface area (Å²) in [6.45, 7) is 0.599. The lowest BCUT2D eigenvalue weighted by Gasteiger charge is -2.19. The highest BCUT2D eigenvalue weighted by Crippen LogP contribution is 2.25. The largest absolute Gasteiger partial charge is 0.349 e. The SMILES string of the molecule is NCC1CCCC1NC(=O)c1cccc(NC(=O)c2cccs2)c1. The summed E-state index contributed by atoms with van der Waals surface area (Å²) in [5.74, 6) is 0.0739. The van der Waals surface area contributed by atoms with Gasteiger partial charge in [0.2, 0.25) is 0 Å². The van der Waals surface area contributed by atoms with Gasteiger partial charge in [0, 0.05) is 17.3 Å². The molecule has 3 rings (SSSR count). The van der Waals surface area contributed by atoms with Crippen LogP contribution in [0.4, 0.5) is 5.69 Å². The summed E-state index contributed by atoms with van der Waals surface area (Å²) in [5, 5.41) is 7.75. The molecule has 1 aliphatic rings. The van der Waals surface area contributed by atoms with Gasteiger partial charge in [0.25, 0.3) is 11.8 Å². The van der Waals surface area contributed by atoms with Crippen molar-refractivity contribution in [1.82, 2.24) is 5.32 Å². The Bertz CT molecular complexity index is 715. The van der Waals surface area contributed by atoms with Crippen molar-refractivity contribution in [2.24, 2.45) is 11.7 Å². The zero-order chi connectivity index (χ0) is 16.9. The molecule has 24 heavy (non-hydrogen) atoms. The number of thiophene rings is 1. The average Bonchev–Trinajstić information content (AvgIpc) is 3.26. The van der Waals surface area contributed by atoms with Crippen LogP contribution in [0.1, 0.15) is 39.3 Å².